The van der Waals surface area contributed by atoms with Crippen molar-refractivity contribution in [2.24, 2.45) is 0 Å². The number of nitrogens with one attached hydrogen (secondary N) is 1. The minimum absolute atomic E-state index is 0.0192. The normalized spacial score (nSPS) is 11.3. The first-order valence-corrected chi connectivity index (χ1v) is 10.9. The van der Waals surface area contributed by atoms with Gasteiger partial charge in [-0.15, -0.1) is 0 Å². The number of esters is 1. The Labute approximate surface area is 163 Å². The molecule has 0 heterocycles. The molecular formula is C18H20ClNO4S2. The molecule has 0 aliphatic carbocycles. The molecule has 26 heavy (non-hydrogen) atoms. The van der Waals surface area contributed by atoms with Gasteiger partial charge in [-0.2, -0.15) is 11.8 Å². The van der Waals surface area contributed by atoms with Gasteiger partial charge in [0.25, 0.3) is 0 Å². The summed E-state index contributed by atoms with van der Waals surface area (Å²) in [5.74, 6) is 0.765. The lowest BCUT2D eigenvalue weighted by atomic mass is 10.2. The summed E-state index contributed by atoms with van der Waals surface area (Å²) < 4.78 is 31.9. The summed E-state index contributed by atoms with van der Waals surface area (Å²) in [5.41, 5.74) is 2.43. The second-order valence-corrected chi connectivity index (χ2v) is 8.85. The third-order valence-corrected chi connectivity index (χ3v) is 6.40. The number of carbonyl (C=O) groups excluding carboxylic acids is 1. The summed E-state index contributed by atoms with van der Waals surface area (Å²) in [6.45, 7) is 2.32. The Morgan fingerprint density at radius 2 is 1.88 bits per heavy atom. The summed E-state index contributed by atoms with van der Waals surface area (Å²) in [4.78, 5) is 11.6. The standard InChI is InChI=1S/C18H20ClNO4S2/c1-13-3-5-14(6-4-13)12-25-10-9-20-26(22,23)15-7-8-17(19)16(11-15)18(21)24-2/h3-8,11,20H,9-10,12H2,1-2H3. The second-order valence-electron chi connectivity index (χ2n) is 5.57. The summed E-state index contributed by atoms with van der Waals surface area (Å²) in [5, 5.41) is 0.143. The number of thioether (sulfide) groups is 1. The van der Waals surface area contributed by atoms with E-state index in [2.05, 4.69) is 33.7 Å². The van der Waals surface area contributed by atoms with Gasteiger partial charge in [0.15, 0.2) is 0 Å². The van der Waals surface area contributed by atoms with Gasteiger partial charge in [0.2, 0.25) is 10.0 Å². The first-order valence-electron chi connectivity index (χ1n) is 7.84. The fourth-order valence-corrected chi connectivity index (χ4v) is 4.34. The topological polar surface area (TPSA) is 72.5 Å². The van der Waals surface area contributed by atoms with E-state index in [1.807, 2.05) is 6.92 Å². The number of hydrogen-bond donors (Lipinski definition) is 1. The van der Waals surface area contributed by atoms with Gasteiger partial charge < -0.3 is 4.74 Å². The van der Waals surface area contributed by atoms with E-state index >= 15 is 0 Å². The van der Waals surface area contributed by atoms with Crippen LogP contribution in [0.2, 0.25) is 5.02 Å². The molecular weight excluding hydrogens is 394 g/mol. The third kappa shape index (κ3) is 5.74. The molecule has 0 amide bonds. The predicted molar refractivity (Wildman–Crippen MR) is 105 cm³/mol. The second kappa shape index (κ2) is 9.41. The average Bonchev–Trinajstić information content (AvgIpc) is 2.62. The van der Waals surface area contributed by atoms with Gasteiger partial charge >= 0.3 is 5.97 Å². The minimum Gasteiger partial charge on any atom is -0.465 e. The van der Waals surface area contributed by atoms with Crippen LogP contribution in [0.5, 0.6) is 0 Å². The highest BCUT2D eigenvalue weighted by Gasteiger charge is 2.18. The van der Waals surface area contributed by atoms with Gasteiger partial charge in [-0.25, -0.2) is 17.9 Å². The summed E-state index contributed by atoms with van der Waals surface area (Å²) in [6.07, 6.45) is 0. The van der Waals surface area contributed by atoms with Crippen LogP contribution < -0.4 is 4.72 Å². The molecule has 0 aliphatic rings. The molecule has 0 bridgehead atoms. The van der Waals surface area contributed by atoms with Crippen LogP contribution in [-0.2, 0) is 20.5 Å². The van der Waals surface area contributed by atoms with Crippen LogP contribution in [-0.4, -0.2) is 33.8 Å². The largest absolute Gasteiger partial charge is 0.465 e. The first kappa shape index (κ1) is 20.8. The first-order chi connectivity index (χ1) is 12.3. The van der Waals surface area contributed by atoms with E-state index in [0.29, 0.717) is 5.75 Å². The molecule has 1 N–H and O–H groups in total. The van der Waals surface area contributed by atoms with E-state index in [1.54, 1.807) is 11.8 Å². The SMILES string of the molecule is COC(=O)c1cc(S(=O)(=O)NCCSCc2ccc(C)cc2)ccc1Cl. The van der Waals surface area contributed by atoms with Crippen molar-refractivity contribution >= 4 is 39.4 Å². The van der Waals surface area contributed by atoms with E-state index in [9.17, 15) is 13.2 Å². The molecule has 140 valence electrons. The number of aryl methyl sites for hydroxylation is 1. The quantitative estimate of drug-likeness (QED) is 0.528. The van der Waals surface area contributed by atoms with Crippen LogP contribution >= 0.6 is 23.4 Å². The lowest BCUT2D eigenvalue weighted by Crippen LogP contribution is -2.26. The smallest absolute Gasteiger partial charge is 0.339 e. The molecule has 2 aromatic carbocycles. The van der Waals surface area contributed by atoms with Gasteiger partial charge in [0.1, 0.15) is 0 Å². The van der Waals surface area contributed by atoms with E-state index in [1.165, 1.54) is 36.4 Å². The molecule has 8 heteroatoms. The molecule has 0 aliphatic heterocycles. The molecule has 0 aromatic heterocycles. The number of ether oxygens (including phenoxy) is 1. The van der Waals surface area contributed by atoms with Crippen molar-refractivity contribution in [1.82, 2.24) is 4.72 Å². The third-order valence-electron chi connectivity index (χ3n) is 3.58. The molecule has 0 spiro atoms. The number of hydrogen-bond acceptors (Lipinski definition) is 5. The molecule has 0 atom stereocenters. The number of rotatable bonds is 8. The molecule has 2 rings (SSSR count). The van der Waals surface area contributed by atoms with Crippen LogP contribution in [0.1, 0.15) is 21.5 Å². The number of sulfonamides is 1. The Balaban J connectivity index is 1.90. The van der Waals surface area contributed by atoms with Crippen molar-refractivity contribution in [3.63, 3.8) is 0 Å². The van der Waals surface area contributed by atoms with Crippen LogP contribution in [0, 0.1) is 6.92 Å². The summed E-state index contributed by atoms with van der Waals surface area (Å²) in [6, 6.07) is 12.2. The van der Waals surface area contributed by atoms with Crippen LogP contribution in [0.25, 0.3) is 0 Å². The Hall–Kier alpha value is -1.54. The van der Waals surface area contributed by atoms with Crippen molar-refractivity contribution in [1.29, 1.82) is 0 Å². The Morgan fingerprint density at radius 1 is 1.19 bits per heavy atom. The molecule has 0 saturated heterocycles. The predicted octanol–water partition coefficient (Wildman–Crippen LogP) is 3.65. The average molecular weight is 414 g/mol. The number of methoxy groups -OCH3 is 1. The Kier molecular flexibility index (Phi) is 7.52. The highest BCUT2D eigenvalue weighted by Crippen LogP contribution is 2.21. The van der Waals surface area contributed by atoms with Gasteiger partial charge in [0.05, 0.1) is 22.6 Å². The molecule has 0 fully saturated rings. The van der Waals surface area contributed by atoms with Crippen molar-refractivity contribution in [3.8, 4) is 0 Å². The fraction of sp³-hybridized carbons (Fsp3) is 0.278. The van der Waals surface area contributed by atoms with Gasteiger partial charge in [0, 0.05) is 18.1 Å². The van der Waals surface area contributed by atoms with Crippen molar-refractivity contribution in [3.05, 3.63) is 64.2 Å². The number of carbonyl (C=O) groups is 1. The minimum atomic E-state index is -3.72. The van der Waals surface area contributed by atoms with Gasteiger partial charge in [-0.3, -0.25) is 0 Å². The summed E-state index contributed by atoms with van der Waals surface area (Å²) >= 11 is 7.55. The molecule has 0 radical (unpaired) electrons. The lowest BCUT2D eigenvalue weighted by Gasteiger charge is -2.09. The van der Waals surface area contributed by atoms with Crippen molar-refractivity contribution in [2.75, 3.05) is 19.4 Å². The number of benzene rings is 2. The zero-order valence-electron chi connectivity index (χ0n) is 14.5. The van der Waals surface area contributed by atoms with Crippen molar-refractivity contribution in [2.45, 2.75) is 17.6 Å². The maximum Gasteiger partial charge on any atom is 0.339 e. The highest BCUT2D eigenvalue weighted by molar-refractivity contribution is 7.98. The monoisotopic (exact) mass is 413 g/mol. The Morgan fingerprint density at radius 3 is 2.54 bits per heavy atom. The van der Waals surface area contributed by atoms with Gasteiger partial charge in [-0.05, 0) is 30.7 Å². The fourth-order valence-electron chi connectivity index (χ4n) is 2.14. The molecule has 2 aromatic rings. The zero-order valence-corrected chi connectivity index (χ0v) is 16.9. The molecule has 0 saturated carbocycles. The summed E-state index contributed by atoms with van der Waals surface area (Å²) in [7, 11) is -2.51. The van der Waals surface area contributed by atoms with Crippen LogP contribution in [0.15, 0.2) is 47.4 Å². The maximum absolute atomic E-state index is 12.4. The maximum atomic E-state index is 12.4. The van der Waals surface area contributed by atoms with E-state index < -0.39 is 16.0 Å². The van der Waals surface area contributed by atoms with E-state index in [4.69, 9.17) is 11.6 Å². The number of halogens is 1. The highest BCUT2D eigenvalue weighted by atomic mass is 35.5. The Bertz CT molecular complexity index is 867. The zero-order chi connectivity index (χ0) is 19.2. The van der Waals surface area contributed by atoms with Gasteiger partial charge in [-0.1, -0.05) is 41.4 Å². The van der Waals surface area contributed by atoms with Crippen LogP contribution in [0.3, 0.4) is 0 Å². The van der Waals surface area contributed by atoms with Crippen molar-refractivity contribution < 1.29 is 17.9 Å². The molecule has 0 unspecified atom stereocenters. The lowest BCUT2D eigenvalue weighted by molar-refractivity contribution is 0.0600. The van der Waals surface area contributed by atoms with E-state index in [0.717, 1.165) is 5.75 Å². The van der Waals surface area contributed by atoms with Crippen LogP contribution in [0.4, 0.5) is 0 Å². The van der Waals surface area contributed by atoms with E-state index in [-0.39, 0.29) is 22.0 Å². The molecule has 5 nitrogen and oxygen atoms in total.